The molecule has 0 amide bonds. The van der Waals surface area contributed by atoms with Crippen LogP contribution in [-0.4, -0.2) is 0 Å². The summed E-state index contributed by atoms with van der Waals surface area (Å²) in [5, 5.41) is 11.6. The summed E-state index contributed by atoms with van der Waals surface area (Å²) in [6, 6.07) is 5.89. The first-order chi connectivity index (χ1) is 6.39. The smallest absolute Gasteiger partial charge is 0.123 e. The molecule has 0 heterocycles. The molecular weight excluding hydrogens is 179 g/mol. The zero-order valence-corrected chi connectivity index (χ0v) is 8.67. The summed E-state index contributed by atoms with van der Waals surface area (Å²) >= 11 is 0. The van der Waals surface area contributed by atoms with Crippen LogP contribution >= 0.6 is 0 Å². The molecule has 0 unspecified atom stereocenters. The molecule has 76 valence electrons. The highest BCUT2D eigenvalue weighted by molar-refractivity contribution is 5.51. The Bertz CT molecular complexity index is 330. The summed E-state index contributed by atoms with van der Waals surface area (Å²) in [7, 11) is 0. The molecule has 1 nitrogen and oxygen atoms in total. The number of rotatable bonds is 1. The van der Waals surface area contributed by atoms with E-state index in [2.05, 4.69) is 0 Å². The Morgan fingerprint density at radius 2 is 1.71 bits per heavy atom. The van der Waals surface area contributed by atoms with E-state index >= 15 is 0 Å². The van der Waals surface area contributed by atoms with E-state index in [1.54, 1.807) is 18.2 Å². The predicted molar refractivity (Wildman–Crippen MR) is 53.8 cm³/mol. The Hall–Kier alpha value is -1.31. The van der Waals surface area contributed by atoms with Gasteiger partial charge in [0.15, 0.2) is 0 Å². The first-order valence-electron chi connectivity index (χ1n) is 4.54. The number of allylic oxidation sites excluding steroid dienone is 1. The minimum Gasteiger partial charge on any atom is -0.875 e. The van der Waals surface area contributed by atoms with E-state index in [1.165, 1.54) is 12.1 Å². The van der Waals surface area contributed by atoms with Crippen molar-refractivity contribution >= 4 is 6.08 Å². The van der Waals surface area contributed by atoms with Crippen LogP contribution in [-0.2, 0) is 0 Å². The van der Waals surface area contributed by atoms with E-state index in [0.29, 0.717) is 0 Å². The van der Waals surface area contributed by atoms with Gasteiger partial charge < -0.3 is 5.11 Å². The fourth-order valence-electron chi connectivity index (χ4n) is 0.927. The van der Waals surface area contributed by atoms with Crippen LogP contribution < -0.4 is 5.11 Å². The zero-order valence-electron chi connectivity index (χ0n) is 8.67. The van der Waals surface area contributed by atoms with Gasteiger partial charge in [-0.15, -0.1) is 5.76 Å². The topological polar surface area (TPSA) is 23.1 Å². The third kappa shape index (κ3) is 2.87. The van der Waals surface area contributed by atoms with Crippen LogP contribution in [0.15, 0.2) is 30.0 Å². The molecule has 0 fully saturated rings. The van der Waals surface area contributed by atoms with Gasteiger partial charge in [0.1, 0.15) is 5.82 Å². The normalized spacial score (nSPS) is 13.0. The fraction of sp³-hybridized carbons (Fsp3) is 0.333. The van der Waals surface area contributed by atoms with Gasteiger partial charge in [0, 0.05) is 0 Å². The van der Waals surface area contributed by atoms with Crippen LogP contribution in [0.5, 0.6) is 0 Å². The number of hydrogen-bond donors (Lipinski definition) is 0. The molecule has 0 aliphatic rings. The van der Waals surface area contributed by atoms with Crippen molar-refractivity contribution in [3.05, 3.63) is 41.4 Å². The second-order valence-electron chi connectivity index (χ2n) is 4.31. The van der Waals surface area contributed by atoms with Crippen molar-refractivity contribution in [2.75, 3.05) is 0 Å². The summed E-state index contributed by atoms with van der Waals surface area (Å²) in [5.74, 6) is -0.241. The number of benzene rings is 1. The van der Waals surface area contributed by atoms with Gasteiger partial charge in [0.2, 0.25) is 0 Å². The first-order valence-corrected chi connectivity index (χ1v) is 4.54. The van der Waals surface area contributed by atoms with E-state index in [4.69, 9.17) is 0 Å². The summed E-state index contributed by atoms with van der Waals surface area (Å²) < 4.78 is 12.6. The molecule has 0 saturated heterocycles. The van der Waals surface area contributed by atoms with Gasteiger partial charge in [0.05, 0.1) is 0 Å². The molecule has 0 saturated carbocycles. The molecule has 1 aromatic carbocycles. The molecule has 0 radical (unpaired) electrons. The summed E-state index contributed by atoms with van der Waals surface area (Å²) in [6.45, 7) is 5.57. The molecule has 0 atom stereocenters. The Morgan fingerprint density at radius 3 is 2.14 bits per heavy atom. The molecule has 14 heavy (non-hydrogen) atoms. The summed E-state index contributed by atoms with van der Waals surface area (Å²) in [4.78, 5) is 0. The second-order valence-corrected chi connectivity index (χ2v) is 4.31. The van der Waals surface area contributed by atoms with Gasteiger partial charge in [0.25, 0.3) is 0 Å². The highest BCUT2D eigenvalue weighted by Gasteiger charge is 2.07. The molecule has 0 aromatic heterocycles. The molecule has 1 rings (SSSR count). The maximum Gasteiger partial charge on any atom is 0.123 e. The van der Waals surface area contributed by atoms with Crippen LogP contribution in [0, 0.1) is 11.2 Å². The van der Waals surface area contributed by atoms with Gasteiger partial charge in [-0.3, -0.25) is 0 Å². The van der Waals surface area contributed by atoms with Crippen molar-refractivity contribution < 1.29 is 9.50 Å². The van der Waals surface area contributed by atoms with Crippen molar-refractivity contribution in [1.29, 1.82) is 0 Å². The standard InChI is InChI=1S/C12H15FO/c1-12(2,3)11(14)8-9-4-6-10(13)7-5-9/h4-8,14H,1-3H3/p-1/b11-8-. The molecule has 0 N–H and O–H groups in total. The molecule has 0 bridgehead atoms. The lowest BCUT2D eigenvalue weighted by Gasteiger charge is -2.28. The van der Waals surface area contributed by atoms with Crippen LogP contribution in [0.25, 0.3) is 6.08 Å². The SMILES string of the molecule is CC(C)(C)/C([O-])=C/c1ccc(F)cc1. The zero-order chi connectivity index (χ0) is 10.8. The Kier molecular flexibility index (Phi) is 2.94. The van der Waals surface area contributed by atoms with Crippen molar-refractivity contribution in [3.63, 3.8) is 0 Å². The van der Waals surface area contributed by atoms with E-state index in [-0.39, 0.29) is 17.0 Å². The fourth-order valence-corrected chi connectivity index (χ4v) is 0.927. The van der Waals surface area contributed by atoms with E-state index in [9.17, 15) is 9.50 Å². The molecule has 1 aromatic rings. The van der Waals surface area contributed by atoms with E-state index in [0.717, 1.165) is 5.56 Å². The molecule has 2 heteroatoms. The lowest BCUT2D eigenvalue weighted by Crippen LogP contribution is -2.20. The number of hydrogen-bond acceptors (Lipinski definition) is 1. The number of halogens is 1. The molecule has 0 aliphatic heterocycles. The minimum absolute atomic E-state index is 0.0455. The monoisotopic (exact) mass is 193 g/mol. The average molecular weight is 193 g/mol. The largest absolute Gasteiger partial charge is 0.875 e. The van der Waals surface area contributed by atoms with Gasteiger partial charge in [-0.05, 0) is 23.1 Å². The van der Waals surface area contributed by atoms with Gasteiger partial charge >= 0.3 is 0 Å². The van der Waals surface area contributed by atoms with Gasteiger partial charge in [-0.2, -0.15) is 0 Å². The summed E-state index contributed by atoms with van der Waals surface area (Å²) in [5.41, 5.74) is 0.361. The first kappa shape index (κ1) is 10.8. The third-order valence-corrected chi connectivity index (χ3v) is 1.91. The second kappa shape index (κ2) is 3.82. The molecule has 0 spiro atoms. The predicted octanol–water partition coefficient (Wildman–Crippen LogP) is 2.57. The maximum absolute atomic E-state index is 12.6. The minimum atomic E-state index is -0.381. The molecular formula is C12H14FO-. The van der Waals surface area contributed by atoms with Crippen molar-refractivity contribution in [3.8, 4) is 0 Å². The van der Waals surface area contributed by atoms with Gasteiger partial charge in [-0.1, -0.05) is 39.0 Å². The van der Waals surface area contributed by atoms with Crippen molar-refractivity contribution in [2.45, 2.75) is 20.8 Å². The maximum atomic E-state index is 12.6. The average Bonchev–Trinajstić information content (AvgIpc) is 2.07. The highest BCUT2D eigenvalue weighted by atomic mass is 19.1. The lowest BCUT2D eigenvalue weighted by molar-refractivity contribution is -0.320. The summed E-state index contributed by atoms with van der Waals surface area (Å²) in [6.07, 6.45) is 1.54. The van der Waals surface area contributed by atoms with Gasteiger partial charge in [-0.25, -0.2) is 4.39 Å². The Morgan fingerprint density at radius 1 is 1.21 bits per heavy atom. The quantitative estimate of drug-likeness (QED) is 0.628. The van der Waals surface area contributed by atoms with Crippen LogP contribution in [0.1, 0.15) is 26.3 Å². The van der Waals surface area contributed by atoms with E-state index in [1.807, 2.05) is 20.8 Å². The Labute approximate surface area is 83.9 Å². The van der Waals surface area contributed by atoms with E-state index < -0.39 is 0 Å². The highest BCUT2D eigenvalue weighted by Crippen LogP contribution is 2.22. The third-order valence-electron chi connectivity index (χ3n) is 1.91. The van der Waals surface area contributed by atoms with Crippen molar-refractivity contribution in [2.24, 2.45) is 5.41 Å². The lowest BCUT2D eigenvalue weighted by atomic mass is 9.92. The van der Waals surface area contributed by atoms with Crippen LogP contribution in [0.3, 0.4) is 0 Å². The Balaban J connectivity index is 2.93. The van der Waals surface area contributed by atoms with Crippen LogP contribution in [0.4, 0.5) is 4.39 Å². The molecule has 0 aliphatic carbocycles. The van der Waals surface area contributed by atoms with Crippen molar-refractivity contribution in [1.82, 2.24) is 0 Å². The van der Waals surface area contributed by atoms with Crippen LogP contribution in [0.2, 0.25) is 0 Å².